The van der Waals surface area contributed by atoms with Gasteiger partial charge >= 0.3 is 0 Å². The van der Waals surface area contributed by atoms with Gasteiger partial charge in [0.1, 0.15) is 6.17 Å². The third-order valence-electron chi connectivity index (χ3n) is 2.70. The van der Waals surface area contributed by atoms with Crippen LogP contribution >= 0.6 is 0 Å². The molecule has 2 atom stereocenters. The first kappa shape index (κ1) is 11.9. The predicted molar refractivity (Wildman–Crippen MR) is 58.3 cm³/mol. The highest BCUT2D eigenvalue weighted by atomic mass is 19.1. The van der Waals surface area contributed by atoms with Crippen LogP contribution in [0.2, 0.25) is 0 Å². The Morgan fingerprint density at radius 2 is 2.21 bits per heavy atom. The van der Waals surface area contributed by atoms with Crippen molar-refractivity contribution in [1.82, 2.24) is 10.2 Å². The van der Waals surface area contributed by atoms with E-state index in [2.05, 4.69) is 31.1 Å². The lowest BCUT2D eigenvalue weighted by Gasteiger charge is -2.20. The first-order valence-corrected chi connectivity index (χ1v) is 5.64. The highest BCUT2D eigenvalue weighted by molar-refractivity contribution is 4.81. The summed E-state index contributed by atoms with van der Waals surface area (Å²) in [4.78, 5) is 2.33. The Morgan fingerprint density at radius 3 is 2.71 bits per heavy atom. The molecule has 0 spiro atoms. The lowest BCUT2D eigenvalue weighted by Crippen LogP contribution is -2.30. The molecule has 0 aromatic carbocycles. The number of halogens is 1. The monoisotopic (exact) mass is 202 g/mol. The Kier molecular flexibility index (Phi) is 4.82. The summed E-state index contributed by atoms with van der Waals surface area (Å²) in [7, 11) is 2.14. The fourth-order valence-corrected chi connectivity index (χ4v) is 2.08. The van der Waals surface area contributed by atoms with Crippen LogP contribution in [0.5, 0.6) is 0 Å². The van der Waals surface area contributed by atoms with E-state index in [4.69, 9.17) is 0 Å². The molecule has 0 aromatic rings. The van der Waals surface area contributed by atoms with Gasteiger partial charge in [-0.05, 0) is 32.4 Å². The number of nitrogens with one attached hydrogen (secondary N) is 1. The standard InChI is InChI=1S/C11H23FN2/c1-9(2)8-14(3)5-4-11-6-10(12)7-13-11/h9-11,13H,4-8H2,1-3H3. The minimum atomic E-state index is -0.615. The van der Waals surface area contributed by atoms with Crippen LogP contribution in [0.1, 0.15) is 26.7 Å². The smallest absolute Gasteiger partial charge is 0.114 e. The zero-order chi connectivity index (χ0) is 10.6. The normalized spacial score (nSPS) is 27.9. The fraction of sp³-hybridized carbons (Fsp3) is 1.00. The second kappa shape index (κ2) is 5.66. The number of nitrogens with zero attached hydrogens (tertiary/aromatic N) is 1. The topological polar surface area (TPSA) is 15.3 Å². The second-order valence-electron chi connectivity index (χ2n) is 4.88. The van der Waals surface area contributed by atoms with Crippen molar-refractivity contribution in [3.05, 3.63) is 0 Å². The molecule has 14 heavy (non-hydrogen) atoms. The van der Waals surface area contributed by atoms with Crippen molar-refractivity contribution >= 4 is 0 Å². The van der Waals surface area contributed by atoms with Gasteiger partial charge < -0.3 is 10.2 Å². The molecule has 1 heterocycles. The van der Waals surface area contributed by atoms with Crippen molar-refractivity contribution in [1.29, 1.82) is 0 Å². The van der Waals surface area contributed by atoms with Crippen molar-refractivity contribution < 1.29 is 4.39 Å². The average molecular weight is 202 g/mol. The van der Waals surface area contributed by atoms with E-state index in [1.807, 2.05) is 0 Å². The molecule has 0 bridgehead atoms. The molecule has 3 heteroatoms. The van der Waals surface area contributed by atoms with E-state index in [1.165, 1.54) is 0 Å². The zero-order valence-corrected chi connectivity index (χ0v) is 9.59. The van der Waals surface area contributed by atoms with Crippen LogP contribution in [0.3, 0.4) is 0 Å². The summed E-state index contributed by atoms with van der Waals surface area (Å²) in [5, 5.41) is 3.21. The predicted octanol–water partition coefficient (Wildman–Crippen LogP) is 1.66. The van der Waals surface area contributed by atoms with E-state index in [0.29, 0.717) is 24.9 Å². The first-order valence-electron chi connectivity index (χ1n) is 5.64. The number of alkyl halides is 1. The van der Waals surface area contributed by atoms with Crippen molar-refractivity contribution in [2.24, 2.45) is 5.92 Å². The van der Waals surface area contributed by atoms with E-state index in [9.17, 15) is 4.39 Å². The highest BCUT2D eigenvalue weighted by Crippen LogP contribution is 2.13. The van der Waals surface area contributed by atoms with Crippen LogP contribution in [-0.2, 0) is 0 Å². The molecule has 1 aliphatic rings. The third kappa shape index (κ3) is 4.38. The summed E-state index contributed by atoms with van der Waals surface area (Å²) in [6.45, 7) is 7.21. The van der Waals surface area contributed by atoms with Crippen molar-refractivity contribution in [2.75, 3.05) is 26.7 Å². The van der Waals surface area contributed by atoms with Gasteiger partial charge in [0.05, 0.1) is 0 Å². The van der Waals surface area contributed by atoms with Gasteiger partial charge in [-0.3, -0.25) is 0 Å². The van der Waals surface area contributed by atoms with Crippen LogP contribution in [-0.4, -0.2) is 43.8 Å². The molecular weight excluding hydrogens is 179 g/mol. The third-order valence-corrected chi connectivity index (χ3v) is 2.70. The summed E-state index contributed by atoms with van der Waals surface area (Å²) >= 11 is 0. The lowest BCUT2D eigenvalue weighted by atomic mass is 10.1. The van der Waals surface area contributed by atoms with Crippen LogP contribution in [0.25, 0.3) is 0 Å². The highest BCUT2D eigenvalue weighted by Gasteiger charge is 2.23. The van der Waals surface area contributed by atoms with Crippen LogP contribution in [0.4, 0.5) is 4.39 Å². The number of hydrogen-bond acceptors (Lipinski definition) is 2. The zero-order valence-electron chi connectivity index (χ0n) is 9.59. The Bertz CT molecular complexity index is 161. The molecule has 0 amide bonds. The van der Waals surface area contributed by atoms with Gasteiger partial charge in [-0.2, -0.15) is 0 Å². The van der Waals surface area contributed by atoms with Crippen LogP contribution in [0.15, 0.2) is 0 Å². The van der Waals surface area contributed by atoms with E-state index < -0.39 is 6.17 Å². The van der Waals surface area contributed by atoms with Gasteiger partial charge in [0.2, 0.25) is 0 Å². The van der Waals surface area contributed by atoms with Crippen molar-refractivity contribution in [3.8, 4) is 0 Å². The summed E-state index contributed by atoms with van der Waals surface area (Å²) in [6, 6.07) is 0.402. The van der Waals surface area contributed by atoms with Crippen LogP contribution < -0.4 is 5.32 Å². The Hall–Kier alpha value is -0.150. The maximum absolute atomic E-state index is 12.8. The van der Waals surface area contributed by atoms with Gasteiger partial charge in [0.25, 0.3) is 0 Å². The molecule has 1 fully saturated rings. The van der Waals surface area contributed by atoms with E-state index in [-0.39, 0.29) is 0 Å². The minimum Gasteiger partial charge on any atom is -0.311 e. The van der Waals surface area contributed by atoms with Gasteiger partial charge in [-0.25, -0.2) is 4.39 Å². The van der Waals surface area contributed by atoms with Gasteiger partial charge in [0.15, 0.2) is 0 Å². The molecule has 0 aromatic heterocycles. The van der Waals surface area contributed by atoms with Gasteiger partial charge in [0, 0.05) is 19.1 Å². The maximum Gasteiger partial charge on any atom is 0.114 e. The largest absolute Gasteiger partial charge is 0.311 e. The Labute approximate surface area is 86.9 Å². The lowest BCUT2D eigenvalue weighted by molar-refractivity contribution is 0.277. The summed E-state index contributed by atoms with van der Waals surface area (Å²) < 4.78 is 12.8. The molecule has 84 valence electrons. The molecule has 1 N–H and O–H groups in total. The average Bonchev–Trinajstić information content (AvgIpc) is 2.47. The minimum absolute atomic E-state index is 0.402. The van der Waals surface area contributed by atoms with E-state index in [0.717, 1.165) is 19.5 Å². The molecule has 2 unspecified atom stereocenters. The summed E-state index contributed by atoms with van der Waals surface area (Å²) in [5.74, 6) is 0.713. The maximum atomic E-state index is 12.8. The SMILES string of the molecule is CC(C)CN(C)CCC1CC(F)CN1. The molecule has 0 saturated carbocycles. The summed E-state index contributed by atoms with van der Waals surface area (Å²) in [5.41, 5.74) is 0. The van der Waals surface area contributed by atoms with E-state index in [1.54, 1.807) is 0 Å². The molecule has 1 aliphatic heterocycles. The van der Waals surface area contributed by atoms with Gasteiger partial charge in [-0.15, -0.1) is 0 Å². The fourth-order valence-electron chi connectivity index (χ4n) is 2.08. The molecular formula is C11H23FN2. The first-order chi connectivity index (χ1) is 6.58. The number of rotatable bonds is 5. The Balaban J connectivity index is 2.08. The van der Waals surface area contributed by atoms with Crippen molar-refractivity contribution in [2.45, 2.75) is 38.9 Å². The Morgan fingerprint density at radius 1 is 1.50 bits per heavy atom. The van der Waals surface area contributed by atoms with Gasteiger partial charge in [-0.1, -0.05) is 13.8 Å². The molecule has 2 nitrogen and oxygen atoms in total. The van der Waals surface area contributed by atoms with E-state index >= 15 is 0 Å². The van der Waals surface area contributed by atoms with Crippen LogP contribution in [0, 0.1) is 5.92 Å². The summed E-state index contributed by atoms with van der Waals surface area (Å²) in [6.07, 6.45) is 1.16. The molecule has 0 radical (unpaired) electrons. The quantitative estimate of drug-likeness (QED) is 0.729. The second-order valence-corrected chi connectivity index (χ2v) is 4.88. The molecule has 1 rings (SSSR count). The van der Waals surface area contributed by atoms with Crippen molar-refractivity contribution in [3.63, 3.8) is 0 Å². The molecule has 1 saturated heterocycles. The number of hydrogen-bond donors (Lipinski definition) is 1. The molecule has 0 aliphatic carbocycles.